The highest BCUT2D eigenvalue weighted by Crippen LogP contribution is 2.25. The van der Waals surface area contributed by atoms with Crippen LogP contribution in [0.15, 0.2) is 36.7 Å². The Morgan fingerprint density at radius 3 is 3.15 bits per heavy atom. The van der Waals surface area contributed by atoms with Gasteiger partial charge in [-0.2, -0.15) is 0 Å². The van der Waals surface area contributed by atoms with E-state index < -0.39 is 0 Å². The van der Waals surface area contributed by atoms with Crippen molar-refractivity contribution in [3.8, 4) is 0 Å². The van der Waals surface area contributed by atoms with Crippen molar-refractivity contribution in [1.29, 1.82) is 0 Å². The van der Waals surface area contributed by atoms with E-state index in [1.54, 1.807) is 6.20 Å². The van der Waals surface area contributed by atoms with Crippen LogP contribution in [-0.2, 0) is 24.3 Å². The third-order valence-electron chi connectivity index (χ3n) is 3.96. The first kappa shape index (κ1) is 13.1. The van der Waals surface area contributed by atoms with Crippen LogP contribution in [0.25, 0.3) is 0 Å². The minimum atomic E-state index is -0.0537. The van der Waals surface area contributed by atoms with Crippen molar-refractivity contribution in [2.45, 2.75) is 32.4 Å². The van der Waals surface area contributed by atoms with Gasteiger partial charge in [-0.25, -0.2) is 4.98 Å². The van der Waals surface area contributed by atoms with E-state index in [0.717, 1.165) is 25.5 Å². The summed E-state index contributed by atoms with van der Waals surface area (Å²) in [5, 5.41) is 3.33. The molecular formula is C16H19N3O. The Hall–Kier alpha value is -1.94. The van der Waals surface area contributed by atoms with E-state index in [1.165, 1.54) is 11.1 Å². The molecule has 4 nitrogen and oxygen atoms in total. The number of Topliss-reactive ketones (excluding diaryl/α,β-unsaturated/α-hetero) is 1. The molecule has 0 fully saturated rings. The van der Waals surface area contributed by atoms with Gasteiger partial charge in [-0.1, -0.05) is 24.3 Å². The van der Waals surface area contributed by atoms with Crippen LogP contribution in [0.1, 0.15) is 29.8 Å². The molecule has 1 aliphatic heterocycles. The highest BCUT2D eigenvalue weighted by atomic mass is 16.1. The molecule has 1 aromatic heterocycles. The number of hydrogen-bond acceptors (Lipinski definition) is 3. The first-order chi connectivity index (χ1) is 9.79. The molecule has 0 radical (unpaired) electrons. The number of rotatable bonds is 4. The monoisotopic (exact) mass is 269 g/mol. The summed E-state index contributed by atoms with van der Waals surface area (Å²) in [6.45, 7) is 4.49. The van der Waals surface area contributed by atoms with E-state index in [-0.39, 0.29) is 11.7 Å². The standard InChI is InChI=1S/C16H19N3O/c1-2-19-8-7-18-16(19)9-15(20)14-11-17-10-12-5-3-4-6-13(12)14/h3-8,14,17H,2,9-11H2,1H3. The summed E-state index contributed by atoms with van der Waals surface area (Å²) in [7, 11) is 0. The summed E-state index contributed by atoms with van der Waals surface area (Å²) in [6, 6.07) is 8.20. The molecular weight excluding hydrogens is 250 g/mol. The average Bonchev–Trinajstić information content (AvgIpc) is 2.93. The number of nitrogens with one attached hydrogen (secondary N) is 1. The van der Waals surface area contributed by atoms with Crippen LogP contribution in [0.3, 0.4) is 0 Å². The van der Waals surface area contributed by atoms with Crippen molar-refractivity contribution in [3.05, 3.63) is 53.6 Å². The summed E-state index contributed by atoms with van der Waals surface area (Å²) in [6.07, 6.45) is 4.09. The lowest BCUT2D eigenvalue weighted by Crippen LogP contribution is -2.33. The molecule has 0 bridgehead atoms. The molecule has 20 heavy (non-hydrogen) atoms. The number of nitrogens with zero attached hydrogens (tertiary/aromatic N) is 2. The van der Waals surface area contributed by atoms with Crippen molar-refractivity contribution < 1.29 is 4.79 Å². The zero-order valence-electron chi connectivity index (χ0n) is 11.7. The van der Waals surface area contributed by atoms with Gasteiger partial charge in [0, 0.05) is 32.0 Å². The maximum Gasteiger partial charge on any atom is 0.149 e. The van der Waals surface area contributed by atoms with Crippen LogP contribution in [-0.4, -0.2) is 21.9 Å². The van der Waals surface area contributed by atoms with E-state index in [1.807, 2.05) is 22.9 Å². The number of aryl methyl sites for hydroxylation is 1. The van der Waals surface area contributed by atoms with Gasteiger partial charge in [0.1, 0.15) is 11.6 Å². The van der Waals surface area contributed by atoms with E-state index in [9.17, 15) is 4.79 Å². The van der Waals surface area contributed by atoms with Gasteiger partial charge in [0.2, 0.25) is 0 Å². The molecule has 1 unspecified atom stereocenters. The molecule has 0 aliphatic carbocycles. The van der Waals surface area contributed by atoms with Crippen LogP contribution in [0.4, 0.5) is 0 Å². The summed E-state index contributed by atoms with van der Waals surface area (Å²) < 4.78 is 2.03. The van der Waals surface area contributed by atoms with E-state index in [2.05, 4.69) is 29.4 Å². The van der Waals surface area contributed by atoms with Gasteiger partial charge in [-0.3, -0.25) is 4.79 Å². The summed E-state index contributed by atoms with van der Waals surface area (Å²) >= 11 is 0. The Balaban J connectivity index is 1.82. The molecule has 0 spiro atoms. The molecule has 2 aromatic rings. The minimum Gasteiger partial charge on any atom is -0.335 e. The van der Waals surface area contributed by atoms with Crippen LogP contribution in [0.5, 0.6) is 0 Å². The maximum atomic E-state index is 12.6. The van der Waals surface area contributed by atoms with Gasteiger partial charge < -0.3 is 9.88 Å². The third-order valence-corrected chi connectivity index (χ3v) is 3.96. The highest BCUT2D eigenvalue weighted by molar-refractivity contribution is 5.88. The van der Waals surface area contributed by atoms with Gasteiger partial charge in [0.05, 0.1) is 12.3 Å². The van der Waals surface area contributed by atoms with Crippen molar-refractivity contribution in [2.24, 2.45) is 0 Å². The fourth-order valence-corrected chi connectivity index (χ4v) is 2.86. The SMILES string of the molecule is CCn1ccnc1CC(=O)C1CNCc2ccccc21. The van der Waals surface area contributed by atoms with Gasteiger partial charge in [0.15, 0.2) is 0 Å². The first-order valence-corrected chi connectivity index (χ1v) is 7.11. The molecule has 2 heterocycles. The maximum absolute atomic E-state index is 12.6. The van der Waals surface area contributed by atoms with Crippen LogP contribution in [0, 0.1) is 0 Å². The Bertz CT molecular complexity index is 618. The predicted molar refractivity (Wildman–Crippen MR) is 77.5 cm³/mol. The molecule has 0 amide bonds. The van der Waals surface area contributed by atoms with Crippen molar-refractivity contribution in [3.63, 3.8) is 0 Å². The Kier molecular flexibility index (Phi) is 3.65. The molecule has 3 rings (SSSR count). The largest absolute Gasteiger partial charge is 0.335 e. The zero-order chi connectivity index (χ0) is 13.9. The van der Waals surface area contributed by atoms with Gasteiger partial charge >= 0.3 is 0 Å². The van der Waals surface area contributed by atoms with Crippen molar-refractivity contribution in [1.82, 2.24) is 14.9 Å². The number of fused-ring (bicyclic) bond motifs is 1. The molecule has 1 aromatic carbocycles. The zero-order valence-corrected chi connectivity index (χ0v) is 11.7. The number of hydrogen-bond donors (Lipinski definition) is 1. The van der Waals surface area contributed by atoms with E-state index in [4.69, 9.17) is 0 Å². The molecule has 1 N–H and O–H groups in total. The lowest BCUT2D eigenvalue weighted by atomic mass is 9.86. The highest BCUT2D eigenvalue weighted by Gasteiger charge is 2.26. The lowest BCUT2D eigenvalue weighted by molar-refractivity contribution is -0.120. The van der Waals surface area contributed by atoms with E-state index >= 15 is 0 Å². The second-order valence-corrected chi connectivity index (χ2v) is 5.15. The number of aromatic nitrogens is 2. The molecule has 0 saturated heterocycles. The number of carbonyl (C=O) groups excluding carboxylic acids is 1. The van der Waals surface area contributed by atoms with Crippen LogP contribution in [0.2, 0.25) is 0 Å². The fraction of sp³-hybridized carbons (Fsp3) is 0.375. The van der Waals surface area contributed by atoms with Crippen LogP contribution >= 0.6 is 0 Å². The Morgan fingerprint density at radius 2 is 2.30 bits per heavy atom. The lowest BCUT2D eigenvalue weighted by Gasteiger charge is -2.25. The molecule has 4 heteroatoms. The van der Waals surface area contributed by atoms with E-state index in [0.29, 0.717) is 6.42 Å². The quantitative estimate of drug-likeness (QED) is 0.922. The van der Waals surface area contributed by atoms with Gasteiger partial charge in [0.25, 0.3) is 0 Å². The topological polar surface area (TPSA) is 46.9 Å². The predicted octanol–water partition coefficient (Wildman–Crippen LogP) is 1.90. The second-order valence-electron chi connectivity index (χ2n) is 5.15. The normalized spacial score (nSPS) is 17.8. The smallest absolute Gasteiger partial charge is 0.149 e. The van der Waals surface area contributed by atoms with Crippen molar-refractivity contribution in [2.75, 3.05) is 6.54 Å². The molecule has 104 valence electrons. The van der Waals surface area contributed by atoms with Crippen LogP contribution < -0.4 is 5.32 Å². The summed E-state index contributed by atoms with van der Waals surface area (Å²) in [5.41, 5.74) is 2.40. The Labute approximate surface area is 118 Å². The summed E-state index contributed by atoms with van der Waals surface area (Å²) in [4.78, 5) is 16.9. The minimum absolute atomic E-state index is 0.0537. The second kappa shape index (κ2) is 5.59. The van der Waals surface area contributed by atoms with Gasteiger partial charge in [-0.15, -0.1) is 0 Å². The van der Waals surface area contributed by atoms with Gasteiger partial charge in [-0.05, 0) is 18.1 Å². The number of benzene rings is 1. The number of imidazole rings is 1. The molecule has 1 aliphatic rings. The fourth-order valence-electron chi connectivity index (χ4n) is 2.86. The van der Waals surface area contributed by atoms with Crippen molar-refractivity contribution >= 4 is 5.78 Å². The third kappa shape index (κ3) is 2.39. The summed E-state index contributed by atoms with van der Waals surface area (Å²) in [5.74, 6) is 1.05. The molecule has 1 atom stereocenters. The number of carbonyl (C=O) groups is 1. The molecule has 0 saturated carbocycles. The average molecular weight is 269 g/mol. The Morgan fingerprint density at radius 1 is 1.45 bits per heavy atom. The number of ketones is 1. The first-order valence-electron chi connectivity index (χ1n) is 7.11.